The van der Waals surface area contributed by atoms with Crippen LogP contribution in [0.1, 0.15) is 38.7 Å². The SMILES string of the molecule is CC(C)N1CCC[C@@]2(CCN(C(=O)Cc3cccnc3)C2)C1=O. The number of aromatic nitrogens is 1. The minimum Gasteiger partial charge on any atom is -0.341 e. The van der Waals surface area contributed by atoms with Crippen molar-refractivity contribution in [3.05, 3.63) is 30.1 Å². The number of carbonyl (C=O) groups excluding carboxylic acids is 2. The lowest BCUT2D eigenvalue weighted by Gasteiger charge is -2.41. The molecule has 2 fully saturated rings. The standard InChI is InChI=1S/C18H25N3O2/c1-14(2)21-9-4-6-18(17(21)23)7-10-20(13-18)16(22)11-15-5-3-8-19-12-15/h3,5,8,12,14H,4,6-7,9-11,13H2,1-2H3/t18-/m0/s1. The number of piperidine rings is 1. The van der Waals surface area contributed by atoms with E-state index in [4.69, 9.17) is 0 Å². The largest absolute Gasteiger partial charge is 0.341 e. The quantitative estimate of drug-likeness (QED) is 0.856. The number of hydrogen-bond acceptors (Lipinski definition) is 3. The summed E-state index contributed by atoms with van der Waals surface area (Å²) in [5, 5.41) is 0. The van der Waals surface area contributed by atoms with Gasteiger partial charge in [0.15, 0.2) is 0 Å². The number of carbonyl (C=O) groups is 2. The van der Waals surface area contributed by atoms with E-state index in [1.807, 2.05) is 21.9 Å². The van der Waals surface area contributed by atoms with Gasteiger partial charge in [0.2, 0.25) is 11.8 Å². The first-order valence-electron chi connectivity index (χ1n) is 8.50. The second-order valence-corrected chi connectivity index (χ2v) is 7.08. The maximum absolute atomic E-state index is 12.9. The van der Waals surface area contributed by atoms with E-state index in [0.29, 0.717) is 19.5 Å². The molecule has 0 bridgehead atoms. The smallest absolute Gasteiger partial charge is 0.230 e. The second-order valence-electron chi connectivity index (χ2n) is 7.08. The highest BCUT2D eigenvalue weighted by Crippen LogP contribution is 2.40. The lowest BCUT2D eigenvalue weighted by molar-refractivity contribution is -0.148. The van der Waals surface area contributed by atoms with Crippen LogP contribution in [-0.4, -0.2) is 52.3 Å². The molecule has 2 aliphatic rings. The van der Waals surface area contributed by atoms with Crippen LogP contribution >= 0.6 is 0 Å². The number of nitrogens with zero attached hydrogens (tertiary/aromatic N) is 3. The van der Waals surface area contributed by atoms with Gasteiger partial charge >= 0.3 is 0 Å². The van der Waals surface area contributed by atoms with Crippen molar-refractivity contribution in [3.63, 3.8) is 0 Å². The molecule has 0 saturated carbocycles. The molecule has 2 saturated heterocycles. The summed E-state index contributed by atoms with van der Waals surface area (Å²) >= 11 is 0. The van der Waals surface area contributed by atoms with Gasteiger partial charge < -0.3 is 9.80 Å². The topological polar surface area (TPSA) is 53.5 Å². The highest BCUT2D eigenvalue weighted by atomic mass is 16.2. The summed E-state index contributed by atoms with van der Waals surface area (Å²) in [7, 11) is 0. The summed E-state index contributed by atoms with van der Waals surface area (Å²) in [5.41, 5.74) is 0.588. The molecule has 5 nitrogen and oxygen atoms in total. The molecule has 1 spiro atoms. The highest BCUT2D eigenvalue weighted by Gasteiger charge is 2.49. The molecule has 0 aromatic carbocycles. The van der Waals surface area contributed by atoms with E-state index in [9.17, 15) is 9.59 Å². The maximum Gasteiger partial charge on any atom is 0.230 e. The van der Waals surface area contributed by atoms with Crippen LogP contribution in [0.15, 0.2) is 24.5 Å². The Kier molecular flexibility index (Phi) is 4.37. The molecule has 1 aromatic rings. The molecule has 1 aromatic heterocycles. The Hall–Kier alpha value is -1.91. The molecular weight excluding hydrogens is 290 g/mol. The molecule has 0 radical (unpaired) electrons. The van der Waals surface area contributed by atoms with Crippen LogP contribution in [0.4, 0.5) is 0 Å². The van der Waals surface area contributed by atoms with E-state index < -0.39 is 0 Å². The average molecular weight is 315 g/mol. The Morgan fingerprint density at radius 2 is 2.17 bits per heavy atom. The Labute approximate surface area is 137 Å². The zero-order valence-electron chi connectivity index (χ0n) is 14.0. The molecule has 2 amide bonds. The predicted octanol–water partition coefficient (Wildman–Crippen LogP) is 1.87. The Morgan fingerprint density at radius 1 is 1.35 bits per heavy atom. The van der Waals surface area contributed by atoms with E-state index in [-0.39, 0.29) is 23.3 Å². The third-order valence-electron chi connectivity index (χ3n) is 5.18. The van der Waals surface area contributed by atoms with Crippen molar-refractivity contribution in [2.24, 2.45) is 5.41 Å². The molecule has 0 aliphatic carbocycles. The Balaban J connectivity index is 1.67. The third kappa shape index (κ3) is 3.09. The van der Waals surface area contributed by atoms with Gasteiger partial charge in [0, 0.05) is 38.1 Å². The molecule has 1 atom stereocenters. The van der Waals surface area contributed by atoms with Crippen molar-refractivity contribution in [2.45, 2.75) is 45.6 Å². The Bertz CT molecular complexity index is 587. The summed E-state index contributed by atoms with van der Waals surface area (Å²) in [6.45, 7) is 6.25. The van der Waals surface area contributed by atoms with Crippen LogP contribution in [-0.2, 0) is 16.0 Å². The van der Waals surface area contributed by atoms with Gasteiger partial charge in [-0.25, -0.2) is 0 Å². The third-order valence-corrected chi connectivity index (χ3v) is 5.18. The monoisotopic (exact) mass is 315 g/mol. The molecule has 23 heavy (non-hydrogen) atoms. The van der Waals surface area contributed by atoms with Crippen molar-refractivity contribution in [2.75, 3.05) is 19.6 Å². The normalized spacial score (nSPS) is 24.7. The maximum atomic E-state index is 12.9. The molecule has 5 heteroatoms. The predicted molar refractivity (Wildman–Crippen MR) is 87.7 cm³/mol. The minimum absolute atomic E-state index is 0.101. The van der Waals surface area contributed by atoms with Gasteiger partial charge in [0.05, 0.1) is 11.8 Å². The molecule has 3 rings (SSSR count). The number of likely N-dealkylation sites (tertiary alicyclic amines) is 2. The van der Waals surface area contributed by atoms with Crippen LogP contribution in [0.25, 0.3) is 0 Å². The van der Waals surface area contributed by atoms with Crippen molar-refractivity contribution in [3.8, 4) is 0 Å². The summed E-state index contributed by atoms with van der Waals surface area (Å²) in [5.74, 6) is 0.347. The number of hydrogen-bond donors (Lipinski definition) is 0. The van der Waals surface area contributed by atoms with Crippen LogP contribution in [0.3, 0.4) is 0 Å². The van der Waals surface area contributed by atoms with Crippen LogP contribution < -0.4 is 0 Å². The zero-order chi connectivity index (χ0) is 16.4. The first kappa shape index (κ1) is 16.0. The summed E-state index contributed by atoms with van der Waals surface area (Å²) < 4.78 is 0. The fourth-order valence-electron chi connectivity index (χ4n) is 3.85. The van der Waals surface area contributed by atoms with Gasteiger partial charge in [-0.05, 0) is 44.7 Å². The first-order chi connectivity index (χ1) is 11.0. The zero-order valence-corrected chi connectivity index (χ0v) is 14.0. The minimum atomic E-state index is -0.340. The average Bonchev–Trinajstić information content (AvgIpc) is 2.96. The summed E-state index contributed by atoms with van der Waals surface area (Å²) in [6.07, 6.45) is 6.55. The van der Waals surface area contributed by atoms with Crippen LogP contribution in [0.5, 0.6) is 0 Å². The van der Waals surface area contributed by atoms with Gasteiger partial charge in [-0.2, -0.15) is 0 Å². The van der Waals surface area contributed by atoms with Crippen molar-refractivity contribution < 1.29 is 9.59 Å². The van der Waals surface area contributed by atoms with Crippen molar-refractivity contribution >= 4 is 11.8 Å². The summed E-state index contributed by atoms with van der Waals surface area (Å²) in [4.78, 5) is 33.3. The van der Waals surface area contributed by atoms with Crippen molar-refractivity contribution in [1.82, 2.24) is 14.8 Å². The molecule has 0 N–H and O–H groups in total. The molecule has 3 heterocycles. The fourth-order valence-corrected chi connectivity index (χ4v) is 3.85. The number of amides is 2. The first-order valence-corrected chi connectivity index (χ1v) is 8.50. The van der Waals surface area contributed by atoms with E-state index >= 15 is 0 Å². The molecule has 0 unspecified atom stereocenters. The van der Waals surface area contributed by atoms with Crippen LogP contribution in [0.2, 0.25) is 0 Å². The molecule has 124 valence electrons. The number of pyridine rings is 1. The van der Waals surface area contributed by atoms with E-state index in [2.05, 4.69) is 18.8 Å². The van der Waals surface area contributed by atoms with Gasteiger partial charge in [-0.1, -0.05) is 6.07 Å². The number of rotatable bonds is 3. The van der Waals surface area contributed by atoms with Gasteiger partial charge in [0.25, 0.3) is 0 Å². The van der Waals surface area contributed by atoms with E-state index in [0.717, 1.165) is 31.4 Å². The lowest BCUT2D eigenvalue weighted by Crippen LogP contribution is -2.52. The van der Waals surface area contributed by atoms with Gasteiger partial charge in [0.1, 0.15) is 0 Å². The summed E-state index contributed by atoms with van der Waals surface area (Å²) in [6, 6.07) is 4.00. The van der Waals surface area contributed by atoms with Crippen LogP contribution in [0, 0.1) is 5.41 Å². The van der Waals surface area contributed by atoms with E-state index in [1.54, 1.807) is 12.4 Å². The molecule has 2 aliphatic heterocycles. The fraction of sp³-hybridized carbons (Fsp3) is 0.611. The van der Waals surface area contributed by atoms with E-state index in [1.165, 1.54) is 0 Å². The van der Waals surface area contributed by atoms with Crippen molar-refractivity contribution in [1.29, 1.82) is 0 Å². The molecular formula is C18H25N3O2. The second kappa shape index (κ2) is 6.30. The lowest BCUT2D eigenvalue weighted by atomic mass is 9.78. The highest BCUT2D eigenvalue weighted by molar-refractivity contribution is 5.86. The Morgan fingerprint density at radius 3 is 2.87 bits per heavy atom. The van der Waals surface area contributed by atoms with Gasteiger partial charge in [-0.15, -0.1) is 0 Å². The van der Waals surface area contributed by atoms with Gasteiger partial charge in [-0.3, -0.25) is 14.6 Å².